The quantitative estimate of drug-likeness (QED) is 0.412. The first-order valence-corrected chi connectivity index (χ1v) is 12.4. The molecule has 184 valence electrons. The first-order valence-electron chi connectivity index (χ1n) is 12.4. The zero-order valence-corrected chi connectivity index (χ0v) is 20.5. The molecule has 9 heteroatoms. The lowest BCUT2D eigenvalue weighted by molar-refractivity contribution is -0.121. The number of nitrogens with zero attached hydrogens (tertiary/aromatic N) is 4. The maximum Gasteiger partial charge on any atom is 0.220 e. The molecule has 0 spiro atoms. The van der Waals surface area contributed by atoms with Gasteiger partial charge in [-0.1, -0.05) is 13.8 Å². The second-order valence-corrected chi connectivity index (χ2v) is 9.40. The fraction of sp³-hybridized carbons (Fsp3) is 0.600. The number of anilines is 1. The highest BCUT2D eigenvalue weighted by atomic mass is 16.5. The zero-order chi connectivity index (χ0) is 23.9. The average molecular weight is 469 g/mol. The molecular formula is C25H36N6O3. The van der Waals surface area contributed by atoms with Gasteiger partial charge in [0.05, 0.1) is 17.1 Å². The Labute approximate surface area is 200 Å². The smallest absolute Gasteiger partial charge is 0.220 e. The van der Waals surface area contributed by atoms with Crippen LogP contribution in [0.1, 0.15) is 58.2 Å². The van der Waals surface area contributed by atoms with Crippen LogP contribution in [-0.4, -0.2) is 57.9 Å². The molecule has 1 aliphatic heterocycles. The van der Waals surface area contributed by atoms with Crippen LogP contribution in [0.5, 0.6) is 5.75 Å². The van der Waals surface area contributed by atoms with E-state index in [0.717, 1.165) is 61.4 Å². The third-order valence-corrected chi connectivity index (χ3v) is 5.98. The van der Waals surface area contributed by atoms with Gasteiger partial charge in [-0.15, -0.1) is 10.2 Å². The SMILES string of the molecule is Cc1nnc2c(NCCCCNC(=O)CC(C)C)nc3cc(OCC4CCCCO4)ccc3n12. The van der Waals surface area contributed by atoms with E-state index in [4.69, 9.17) is 14.5 Å². The van der Waals surface area contributed by atoms with Crippen molar-refractivity contribution in [2.75, 3.05) is 31.6 Å². The average Bonchev–Trinajstić information content (AvgIpc) is 3.22. The highest BCUT2D eigenvalue weighted by molar-refractivity contribution is 5.84. The molecule has 3 heterocycles. The molecule has 1 aromatic carbocycles. The molecule has 1 fully saturated rings. The molecule has 1 unspecified atom stereocenters. The third kappa shape index (κ3) is 6.14. The number of rotatable bonds is 11. The summed E-state index contributed by atoms with van der Waals surface area (Å²) in [6, 6.07) is 5.94. The highest BCUT2D eigenvalue weighted by Gasteiger charge is 2.16. The molecule has 1 aliphatic rings. The summed E-state index contributed by atoms with van der Waals surface area (Å²) in [5.74, 6) is 2.78. The second-order valence-electron chi connectivity index (χ2n) is 9.40. The Morgan fingerprint density at radius 3 is 2.88 bits per heavy atom. The number of hydrogen-bond acceptors (Lipinski definition) is 7. The minimum absolute atomic E-state index is 0.118. The van der Waals surface area contributed by atoms with Crippen LogP contribution >= 0.6 is 0 Å². The maximum atomic E-state index is 11.8. The fourth-order valence-corrected chi connectivity index (χ4v) is 4.22. The van der Waals surface area contributed by atoms with Gasteiger partial charge in [0.2, 0.25) is 11.6 Å². The monoisotopic (exact) mass is 468 g/mol. The van der Waals surface area contributed by atoms with Crippen LogP contribution in [0, 0.1) is 12.8 Å². The zero-order valence-electron chi connectivity index (χ0n) is 20.5. The van der Waals surface area contributed by atoms with Gasteiger partial charge in [-0.2, -0.15) is 0 Å². The van der Waals surface area contributed by atoms with E-state index in [1.165, 1.54) is 6.42 Å². The predicted molar refractivity (Wildman–Crippen MR) is 132 cm³/mol. The number of ether oxygens (including phenoxy) is 2. The predicted octanol–water partition coefficient (Wildman–Crippen LogP) is 3.89. The number of hydrogen-bond donors (Lipinski definition) is 2. The number of fused-ring (bicyclic) bond motifs is 3. The Bertz CT molecular complexity index is 1110. The van der Waals surface area contributed by atoms with Crippen molar-refractivity contribution >= 4 is 28.4 Å². The van der Waals surface area contributed by atoms with Crippen molar-refractivity contribution in [3.05, 3.63) is 24.0 Å². The van der Waals surface area contributed by atoms with Crippen LogP contribution in [0.3, 0.4) is 0 Å². The van der Waals surface area contributed by atoms with Crippen LogP contribution in [0.25, 0.3) is 16.7 Å². The van der Waals surface area contributed by atoms with E-state index in [-0.39, 0.29) is 12.0 Å². The van der Waals surface area contributed by atoms with E-state index in [0.29, 0.717) is 37.0 Å². The molecule has 3 aromatic rings. The molecule has 34 heavy (non-hydrogen) atoms. The molecule has 1 saturated heterocycles. The number of aryl methyl sites for hydroxylation is 1. The van der Waals surface area contributed by atoms with Crippen molar-refractivity contribution in [2.45, 2.75) is 65.4 Å². The Hall–Kier alpha value is -2.94. The summed E-state index contributed by atoms with van der Waals surface area (Å²) in [6.45, 7) is 8.82. The minimum Gasteiger partial charge on any atom is -0.491 e. The molecule has 4 rings (SSSR count). The second kappa shape index (κ2) is 11.5. The maximum absolute atomic E-state index is 11.8. The first-order chi connectivity index (χ1) is 16.5. The number of nitrogens with one attached hydrogen (secondary N) is 2. The molecule has 2 aromatic heterocycles. The molecule has 0 saturated carbocycles. The highest BCUT2D eigenvalue weighted by Crippen LogP contribution is 2.26. The van der Waals surface area contributed by atoms with Crippen LogP contribution in [-0.2, 0) is 9.53 Å². The van der Waals surface area contributed by atoms with Crippen molar-refractivity contribution in [2.24, 2.45) is 5.92 Å². The van der Waals surface area contributed by atoms with E-state index in [2.05, 4.69) is 20.8 Å². The van der Waals surface area contributed by atoms with Crippen molar-refractivity contribution in [1.82, 2.24) is 24.9 Å². The van der Waals surface area contributed by atoms with Crippen molar-refractivity contribution < 1.29 is 14.3 Å². The Morgan fingerprint density at radius 2 is 2.09 bits per heavy atom. The van der Waals surface area contributed by atoms with Crippen LogP contribution < -0.4 is 15.4 Å². The normalized spacial score (nSPS) is 16.3. The van der Waals surface area contributed by atoms with E-state index in [1.54, 1.807) is 0 Å². The molecule has 9 nitrogen and oxygen atoms in total. The molecule has 1 atom stereocenters. The van der Waals surface area contributed by atoms with Crippen LogP contribution in [0.15, 0.2) is 18.2 Å². The number of aromatic nitrogens is 4. The topological polar surface area (TPSA) is 103 Å². The largest absolute Gasteiger partial charge is 0.491 e. The summed E-state index contributed by atoms with van der Waals surface area (Å²) in [6.07, 6.45) is 5.90. The Morgan fingerprint density at radius 1 is 1.24 bits per heavy atom. The fourth-order valence-electron chi connectivity index (χ4n) is 4.22. The molecular weight excluding hydrogens is 432 g/mol. The summed E-state index contributed by atoms with van der Waals surface area (Å²) in [7, 11) is 0. The van der Waals surface area contributed by atoms with Gasteiger partial charge < -0.3 is 20.1 Å². The standard InChI is InChI=1S/C25H36N6O3/c1-17(2)14-23(32)26-11-5-6-12-27-24-25-30-29-18(3)31(25)22-10-9-19(15-21(22)28-24)34-16-20-8-4-7-13-33-20/h9-10,15,17,20H,4-8,11-14,16H2,1-3H3,(H,26,32)(H,27,28). The summed E-state index contributed by atoms with van der Waals surface area (Å²) in [5.41, 5.74) is 2.47. The van der Waals surface area contributed by atoms with Gasteiger partial charge in [-0.25, -0.2) is 4.98 Å². The summed E-state index contributed by atoms with van der Waals surface area (Å²) in [4.78, 5) is 16.6. The van der Waals surface area contributed by atoms with Gasteiger partial charge in [-0.3, -0.25) is 9.20 Å². The number of unbranched alkanes of at least 4 members (excludes halogenated alkanes) is 1. The lowest BCUT2D eigenvalue weighted by atomic mass is 10.1. The lowest BCUT2D eigenvalue weighted by Crippen LogP contribution is -2.25. The van der Waals surface area contributed by atoms with E-state index in [9.17, 15) is 4.79 Å². The lowest BCUT2D eigenvalue weighted by Gasteiger charge is -2.22. The van der Waals surface area contributed by atoms with E-state index >= 15 is 0 Å². The van der Waals surface area contributed by atoms with Gasteiger partial charge in [0.25, 0.3) is 0 Å². The van der Waals surface area contributed by atoms with Crippen LogP contribution in [0.2, 0.25) is 0 Å². The minimum atomic E-state index is 0.118. The van der Waals surface area contributed by atoms with Gasteiger partial charge in [-0.05, 0) is 57.1 Å². The Kier molecular flexibility index (Phi) is 8.16. The number of carbonyl (C=O) groups is 1. The summed E-state index contributed by atoms with van der Waals surface area (Å²) < 4.78 is 13.8. The number of carbonyl (C=O) groups excluding carboxylic acids is 1. The third-order valence-electron chi connectivity index (χ3n) is 5.98. The molecule has 0 bridgehead atoms. The van der Waals surface area contributed by atoms with E-state index in [1.807, 2.05) is 43.4 Å². The molecule has 1 amide bonds. The summed E-state index contributed by atoms with van der Waals surface area (Å²) >= 11 is 0. The van der Waals surface area contributed by atoms with Gasteiger partial charge in [0, 0.05) is 32.2 Å². The van der Waals surface area contributed by atoms with Gasteiger partial charge in [0.1, 0.15) is 18.2 Å². The van der Waals surface area contributed by atoms with Gasteiger partial charge in [0.15, 0.2) is 5.82 Å². The molecule has 0 radical (unpaired) electrons. The molecule has 2 N–H and O–H groups in total. The van der Waals surface area contributed by atoms with Crippen LogP contribution in [0.4, 0.5) is 5.82 Å². The van der Waals surface area contributed by atoms with Crippen molar-refractivity contribution in [3.8, 4) is 5.75 Å². The van der Waals surface area contributed by atoms with Crippen molar-refractivity contribution in [3.63, 3.8) is 0 Å². The van der Waals surface area contributed by atoms with Crippen molar-refractivity contribution in [1.29, 1.82) is 0 Å². The first kappa shape index (κ1) is 24.2. The molecule has 0 aliphatic carbocycles. The number of benzene rings is 1. The Balaban J connectivity index is 1.39. The summed E-state index contributed by atoms with van der Waals surface area (Å²) in [5, 5.41) is 15.0. The van der Waals surface area contributed by atoms with Gasteiger partial charge >= 0.3 is 0 Å². The number of amides is 1. The van der Waals surface area contributed by atoms with E-state index < -0.39 is 0 Å².